The lowest BCUT2D eigenvalue weighted by Crippen LogP contribution is -2.55. The van der Waals surface area contributed by atoms with Crippen molar-refractivity contribution in [1.29, 1.82) is 0 Å². The Labute approximate surface area is 130 Å². The number of piperidine rings is 1. The van der Waals surface area contributed by atoms with Crippen LogP contribution < -0.4 is 15.4 Å². The molecule has 0 unspecified atom stereocenters. The van der Waals surface area contributed by atoms with E-state index in [0.717, 1.165) is 24.0 Å². The molecule has 0 aromatic heterocycles. The van der Waals surface area contributed by atoms with Crippen LogP contribution in [-0.2, 0) is 0 Å². The summed E-state index contributed by atoms with van der Waals surface area (Å²) in [6.45, 7) is 2.32. The molecule has 1 atom stereocenters. The van der Waals surface area contributed by atoms with Gasteiger partial charge in [-0.2, -0.15) is 0 Å². The first-order chi connectivity index (χ1) is 10.3. The lowest BCUT2D eigenvalue weighted by molar-refractivity contribution is 0.181. The third-order valence-corrected chi connectivity index (χ3v) is 4.99. The van der Waals surface area contributed by atoms with E-state index in [0.29, 0.717) is 5.92 Å². The molecule has 1 saturated heterocycles. The number of allylic oxidation sites excluding steroid dienone is 1. The summed E-state index contributed by atoms with van der Waals surface area (Å²) in [5, 5.41) is 7.58. The van der Waals surface area contributed by atoms with Crippen molar-refractivity contribution < 1.29 is 4.74 Å². The van der Waals surface area contributed by atoms with E-state index in [1.807, 2.05) is 12.1 Å². The van der Waals surface area contributed by atoms with Crippen molar-refractivity contribution in [3.63, 3.8) is 0 Å². The van der Waals surface area contributed by atoms with Crippen LogP contribution in [-0.4, -0.2) is 30.2 Å². The van der Waals surface area contributed by atoms with Gasteiger partial charge in [0.15, 0.2) is 5.11 Å². The Morgan fingerprint density at radius 1 is 1.19 bits per heavy atom. The van der Waals surface area contributed by atoms with E-state index in [-0.39, 0.29) is 6.04 Å². The molecule has 4 aliphatic rings. The lowest BCUT2D eigenvalue weighted by atomic mass is 9.83. The molecule has 5 heteroatoms. The summed E-state index contributed by atoms with van der Waals surface area (Å²) in [6, 6.07) is 8.43. The molecule has 1 fully saturated rings. The standard InChI is InChI=1S/C16H19N3OS/c1-20-12-4-2-10(3-5-12)13-15-14(18-16(21)17-13)11-6-8-19(15)9-7-11/h2-5,11,13H,6-9H2,1H3,(H2,17,18,21)/t13-/m0/s1. The van der Waals surface area contributed by atoms with Gasteiger partial charge in [-0.3, -0.25) is 0 Å². The van der Waals surface area contributed by atoms with E-state index >= 15 is 0 Å². The topological polar surface area (TPSA) is 36.5 Å². The zero-order valence-electron chi connectivity index (χ0n) is 12.1. The van der Waals surface area contributed by atoms with Crippen LogP contribution in [0.25, 0.3) is 0 Å². The van der Waals surface area contributed by atoms with E-state index in [1.54, 1.807) is 7.11 Å². The first-order valence-electron chi connectivity index (χ1n) is 7.47. The summed E-state index contributed by atoms with van der Waals surface area (Å²) in [7, 11) is 1.69. The molecule has 4 aliphatic heterocycles. The molecule has 0 spiro atoms. The second-order valence-electron chi connectivity index (χ2n) is 5.86. The Balaban J connectivity index is 1.76. The molecule has 0 saturated carbocycles. The molecular formula is C16H19N3OS. The van der Waals surface area contributed by atoms with Gasteiger partial charge in [0.25, 0.3) is 0 Å². The fraction of sp³-hybridized carbons (Fsp3) is 0.438. The number of hydrogen-bond donors (Lipinski definition) is 2. The van der Waals surface area contributed by atoms with Gasteiger partial charge in [-0.15, -0.1) is 0 Å². The van der Waals surface area contributed by atoms with Crippen LogP contribution in [0.2, 0.25) is 0 Å². The van der Waals surface area contributed by atoms with Gasteiger partial charge in [-0.25, -0.2) is 0 Å². The fourth-order valence-corrected chi connectivity index (χ4v) is 3.92. The Morgan fingerprint density at radius 3 is 2.57 bits per heavy atom. The largest absolute Gasteiger partial charge is 0.497 e. The van der Waals surface area contributed by atoms with Gasteiger partial charge in [0.2, 0.25) is 0 Å². The molecule has 1 aromatic carbocycles. The molecule has 2 bridgehead atoms. The molecule has 0 aliphatic carbocycles. The van der Waals surface area contributed by atoms with Gasteiger partial charge >= 0.3 is 0 Å². The monoisotopic (exact) mass is 301 g/mol. The van der Waals surface area contributed by atoms with Crippen molar-refractivity contribution in [3.05, 3.63) is 41.2 Å². The maximum Gasteiger partial charge on any atom is 0.171 e. The maximum atomic E-state index is 5.42. The highest BCUT2D eigenvalue weighted by atomic mass is 32.1. The number of thiocarbonyl (C=S) groups is 1. The SMILES string of the molecule is COc1ccc([C@@H]2NC(=S)NC3=C2N2CCC3CC2)cc1. The minimum Gasteiger partial charge on any atom is -0.497 e. The van der Waals surface area contributed by atoms with Crippen molar-refractivity contribution in [2.24, 2.45) is 5.92 Å². The quantitative estimate of drug-likeness (QED) is 0.819. The average molecular weight is 301 g/mol. The van der Waals surface area contributed by atoms with Gasteiger partial charge in [0.05, 0.1) is 18.8 Å². The number of methoxy groups -OCH3 is 1. The van der Waals surface area contributed by atoms with Crippen LogP contribution in [0.5, 0.6) is 5.75 Å². The summed E-state index contributed by atoms with van der Waals surface area (Å²) in [5.41, 5.74) is 3.97. The minimum absolute atomic E-state index is 0.155. The normalized spacial score (nSPS) is 24.5. The summed E-state index contributed by atoms with van der Waals surface area (Å²) in [4.78, 5) is 2.51. The van der Waals surface area contributed by atoms with Crippen molar-refractivity contribution >= 4 is 17.3 Å². The molecule has 110 valence electrons. The first-order valence-corrected chi connectivity index (χ1v) is 7.87. The van der Waals surface area contributed by atoms with Crippen molar-refractivity contribution in [2.45, 2.75) is 18.9 Å². The molecule has 0 radical (unpaired) electrons. The Hall–Kier alpha value is -1.75. The molecule has 5 rings (SSSR count). The highest BCUT2D eigenvalue weighted by Gasteiger charge is 2.40. The van der Waals surface area contributed by atoms with Gasteiger partial charge in [0, 0.05) is 24.7 Å². The number of ether oxygens (including phenoxy) is 1. The van der Waals surface area contributed by atoms with E-state index in [4.69, 9.17) is 17.0 Å². The van der Waals surface area contributed by atoms with E-state index in [2.05, 4.69) is 27.7 Å². The third-order valence-electron chi connectivity index (χ3n) is 4.77. The molecule has 4 heterocycles. The number of benzene rings is 1. The zero-order chi connectivity index (χ0) is 14.4. The Morgan fingerprint density at radius 2 is 1.90 bits per heavy atom. The van der Waals surface area contributed by atoms with Crippen LogP contribution >= 0.6 is 12.2 Å². The number of hydrogen-bond acceptors (Lipinski definition) is 3. The van der Waals surface area contributed by atoms with Crippen LogP contribution in [0.4, 0.5) is 0 Å². The molecule has 1 aromatic rings. The van der Waals surface area contributed by atoms with Gasteiger partial charge in [-0.1, -0.05) is 12.1 Å². The summed E-state index contributed by atoms with van der Waals surface area (Å²) >= 11 is 5.42. The predicted molar refractivity (Wildman–Crippen MR) is 85.9 cm³/mol. The third kappa shape index (κ3) is 2.07. The van der Waals surface area contributed by atoms with Crippen molar-refractivity contribution in [1.82, 2.24) is 15.5 Å². The van der Waals surface area contributed by atoms with Crippen LogP contribution in [0.3, 0.4) is 0 Å². The van der Waals surface area contributed by atoms with Gasteiger partial charge in [-0.05, 0) is 42.8 Å². The molecule has 21 heavy (non-hydrogen) atoms. The number of rotatable bonds is 2. The van der Waals surface area contributed by atoms with Crippen LogP contribution in [0.1, 0.15) is 24.4 Å². The van der Waals surface area contributed by atoms with E-state index < -0.39 is 0 Å². The Kier molecular flexibility index (Phi) is 3.03. The van der Waals surface area contributed by atoms with Crippen LogP contribution in [0.15, 0.2) is 35.7 Å². The Bertz CT molecular complexity index is 602. The number of fused-ring (bicyclic) bond motifs is 2. The molecule has 0 amide bonds. The fourth-order valence-electron chi connectivity index (χ4n) is 3.69. The summed E-state index contributed by atoms with van der Waals surface area (Å²) in [6.07, 6.45) is 2.48. The molecule has 4 nitrogen and oxygen atoms in total. The first kappa shape index (κ1) is 13.0. The highest BCUT2D eigenvalue weighted by molar-refractivity contribution is 7.80. The smallest absolute Gasteiger partial charge is 0.171 e. The number of nitrogens with one attached hydrogen (secondary N) is 2. The predicted octanol–water partition coefficient (Wildman–Crippen LogP) is 2.15. The lowest BCUT2D eigenvalue weighted by Gasteiger charge is -2.49. The molecular weight excluding hydrogens is 282 g/mol. The van der Waals surface area contributed by atoms with Crippen LogP contribution in [0, 0.1) is 5.92 Å². The second kappa shape index (κ2) is 4.91. The van der Waals surface area contributed by atoms with Gasteiger partial charge in [0.1, 0.15) is 5.75 Å². The van der Waals surface area contributed by atoms with E-state index in [1.165, 1.54) is 29.8 Å². The summed E-state index contributed by atoms with van der Waals surface area (Å²) in [5.74, 6) is 1.53. The number of nitrogens with zero attached hydrogens (tertiary/aromatic N) is 1. The zero-order valence-corrected chi connectivity index (χ0v) is 12.9. The minimum atomic E-state index is 0.155. The summed E-state index contributed by atoms with van der Waals surface area (Å²) < 4.78 is 5.25. The van der Waals surface area contributed by atoms with Gasteiger partial charge < -0.3 is 20.3 Å². The van der Waals surface area contributed by atoms with Crippen molar-refractivity contribution in [3.8, 4) is 5.75 Å². The average Bonchev–Trinajstić information content (AvgIpc) is 2.55. The second-order valence-corrected chi connectivity index (χ2v) is 6.27. The van der Waals surface area contributed by atoms with Crippen molar-refractivity contribution in [2.75, 3.05) is 20.2 Å². The molecule has 2 N–H and O–H groups in total. The highest BCUT2D eigenvalue weighted by Crippen LogP contribution is 2.41. The van der Waals surface area contributed by atoms with E-state index in [9.17, 15) is 0 Å². The maximum absolute atomic E-state index is 5.42.